The molecule has 5 aromatic carbocycles. The zero-order chi connectivity index (χ0) is 32.9. The summed E-state index contributed by atoms with van der Waals surface area (Å²) in [4.78, 5) is 15.3. The van der Waals surface area contributed by atoms with Crippen molar-refractivity contribution in [1.29, 1.82) is 0 Å². The van der Waals surface area contributed by atoms with Gasteiger partial charge < -0.3 is 8.83 Å². The van der Waals surface area contributed by atoms with Crippen molar-refractivity contribution in [3.63, 3.8) is 0 Å². The van der Waals surface area contributed by atoms with Crippen molar-refractivity contribution in [2.75, 3.05) is 0 Å². The van der Waals surface area contributed by atoms with Gasteiger partial charge in [-0.3, -0.25) is 4.98 Å². The van der Waals surface area contributed by atoms with Crippen molar-refractivity contribution in [2.45, 2.75) is 26.2 Å². The summed E-state index contributed by atoms with van der Waals surface area (Å²) in [5, 5.41) is 3.17. The Hall–Kier alpha value is -6.07. The van der Waals surface area contributed by atoms with Crippen LogP contribution >= 0.6 is 0 Å². The summed E-state index contributed by atoms with van der Waals surface area (Å²) >= 11 is 0. The highest BCUT2D eigenvalue weighted by Crippen LogP contribution is 2.57. The molecule has 0 amide bonds. The standard InChI is InChI=1S/C44H31N3O2/c1-25(2)44(3)32-24-35-38(29-17-7-9-20-33(29)48-35)36(37(32)31-19-12-22-45-42(31)44)27-15-11-16-28(23-27)39-41-40(30-18-8-10-21-34(30)49-41)47-43(46-39)26-13-5-4-6-14-26/h4-25H,1-3H3. The average Bonchev–Trinajstić information content (AvgIpc) is 3.79. The fourth-order valence-corrected chi connectivity index (χ4v) is 7.92. The normalized spacial score (nSPS) is 15.5. The van der Waals surface area contributed by atoms with Gasteiger partial charge in [-0.1, -0.05) is 98.8 Å². The van der Waals surface area contributed by atoms with Gasteiger partial charge in [-0.15, -0.1) is 0 Å². The molecule has 0 saturated carbocycles. The summed E-state index contributed by atoms with van der Waals surface area (Å²) in [5.41, 5.74) is 13.4. The third-order valence-corrected chi connectivity index (χ3v) is 10.6. The number of nitrogens with zero attached hydrogens (tertiary/aromatic N) is 3. The zero-order valence-corrected chi connectivity index (χ0v) is 27.4. The molecule has 0 fully saturated rings. The number of hydrogen-bond donors (Lipinski definition) is 0. The average molecular weight is 634 g/mol. The molecule has 1 aliphatic rings. The molecule has 4 aromatic heterocycles. The van der Waals surface area contributed by atoms with E-state index in [1.54, 1.807) is 0 Å². The Morgan fingerprint density at radius 2 is 1.33 bits per heavy atom. The van der Waals surface area contributed by atoms with Crippen LogP contribution in [0.15, 0.2) is 136 Å². The number of para-hydroxylation sites is 2. The lowest BCUT2D eigenvalue weighted by Gasteiger charge is -2.31. The van der Waals surface area contributed by atoms with Crippen molar-refractivity contribution < 1.29 is 8.83 Å². The summed E-state index contributed by atoms with van der Waals surface area (Å²) in [7, 11) is 0. The Morgan fingerprint density at radius 1 is 0.612 bits per heavy atom. The number of aromatic nitrogens is 3. The Labute approximate surface area is 282 Å². The van der Waals surface area contributed by atoms with Crippen molar-refractivity contribution >= 4 is 44.0 Å². The van der Waals surface area contributed by atoms with Crippen molar-refractivity contribution in [3.8, 4) is 44.9 Å². The van der Waals surface area contributed by atoms with Crippen LogP contribution in [0.3, 0.4) is 0 Å². The molecule has 0 N–H and O–H groups in total. The molecule has 10 rings (SSSR count). The molecule has 1 unspecified atom stereocenters. The van der Waals surface area contributed by atoms with Gasteiger partial charge in [-0.2, -0.15) is 0 Å². The predicted molar refractivity (Wildman–Crippen MR) is 197 cm³/mol. The number of hydrogen-bond acceptors (Lipinski definition) is 5. The second-order valence-electron chi connectivity index (χ2n) is 13.5. The number of furan rings is 2. The second-order valence-corrected chi connectivity index (χ2v) is 13.5. The van der Waals surface area contributed by atoms with Crippen LogP contribution in [0.2, 0.25) is 0 Å². The largest absolute Gasteiger partial charge is 0.456 e. The lowest BCUT2D eigenvalue weighted by atomic mass is 9.73. The van der Waals surface area contributed by atoms with Crippen LogP contribution in [0.25, 0.3) is 88.9 Å². The van der Waals surface area contributed by atoms with Crippen LogP contribution in [0.1, 0.15) is 32.0 Å². The van der Waals surface area contributed by atoms with Crippen molar-refractivity contribution in [2.24, 2.45) is 5.92 Å². The fraction of sp³-hybridized carbons (Fsp3) is 0.114. The van der Waals surface area contributed by atoms with E-state index in [0.29, 0.717) is 17.3 Å². The van der Waals surface area contributed by atoms with E-state index in [0.717, 1.165) is 72.1 Å². The smallest absolute Gasteiger partial charge is 0.180 e. The highest BCUT2D eigenvalue weighted by atomic mass is 16.3. The Morgan fingerprint density at radius 3 is 2.14 bits per heavy atom. The molecule has 0 spiro atoms. The molecule has 0 aliphatic heterocycles. The Bertz CT molecular complexity index is 2770. The Kier molecular flexibility index (Phi) is 5.83. The van der Waals surface area contributed by atoms with E-state index in [9.17, 15) is 0 Å². The van der Waals surface area contributed by atoms with Crippen LogP contribution in [-0.4, -0.2) is 15.0 Å². The molecular weight excluding hydrogens is 603 g/mol. The molecule has 4 heterocycles. The van der Waals surface area contributed by atoms with Gasteiger partial charge in [-0.05, 0) is 65.9 Å². The van der Waals surface area contributed by atoms with E-state index >= 15 is 0 Å². The molecular formula is C44H31N3O2. The quantitative estimate of drug-likeness (QED) is 0.193. The number of pyridine rings is 1. The van der Waals surface area contributed by atoms with Crippen LogP contribution in [0.4, 0.5) is 0 Å². The number of fused-ring (bicyclic) bond motifs is 9. The van der Waals surface area contributed by atoms with E-state index in [1.165, 1.54) is 16.7 Å². The minimum atomic E-state index is -0.289. The van der Waals surface area contributed by atoms with Crippen LogP contribution in [0.5, 0.6) is 0 Å². The monoisotopic (exact) mass is 633 g/mol. The maximum absolute atomic E-state index is 6.63. The summed E-state index contributed by atoms with van der Waals surface area (Å²) in [6.45, 7) is 6.90. The summed E-state index contributed by atoms with van der Waals surface area (Å²) < 4.78 is 13.1. The Balaban J connectivity index is 1.30. The third kappa shape index (κ3) is 3.90. The molecule has 0 radical (unpaired) electrons. The van der Waals surface area contributed by atoms with E-state index in [-0.39, 0.29) is 5.41 Å². The minimum Gasteiger partial charge on any atom is -0.456 e. The first-order chi connectivity index (χ1) is 24.0. The topological polar surface area (TPSA) is 65.0 Å². The highest BCUT2D eigenvalue weighted by molar-refractivity contribution is 6.18. The van der Waals surface area contributed by atoms with E-state index < -0.39 is 0 Å². The summed E-state index contributed by atoms with van der Waals surface area (Å²) in [6, 6.07) is 41.8. The lowest BCUT2D eigenvalue weighted by molar-refractivity contribution is 0.404. The van der Waals surface area contributed by atoms with Gasteiger partial charge in [-0.25, -0.2) is 9.97 Å². The van der Waals surface area contributed by atoms with E-state index in [1.807, 2.05) is 48.7 Å². The van der Waals surface area contributed by atoms with Gasteiger partial charge in [0.1, 0.15) is 28.0 Å². The SMILES string of the molecule is CC(C)C1(C)c2cc3oc4ccccc4c3c(-c3cccc(-c4nc(-c5ccccc5)nc5c4oc4ccccc45)c3)c2-c2cccnc21. The molecule has 234 valence electrons. The highest BCUT2D eigenvalue weighted by Gasteiger charge is 2.45. The first-order valence-corrected chi connectivity index (χ1v) is 16.8. The van der Waals surface area contributed by atoms with Gasteiger partial charge in [0.05, 0.1) is 5.69 Å². The first-order valence-electron chi connectivity index (χ1n) is 16.8. The van der Waals surface area contributed by atoms with Crippen molar-refractivity contribution in [3.05, 3.63) is 139 Å². The molecule has 0 bridgehead atoms. The van der Waals surface area contributed by atoms with Gasteiger partial charge in [0, 0.05) is 50.0 Å². The first kappa shape index (κ1) is 28.0. The van der Waals surface area contributed by atoms with Gasteiger partial charge in [0.2, 0.25) is 0 Å². The molecule has 0 saturated heterocycles. The van der Waals surface area contributed by atoms with Gasteiger partial charge in [0.15, 0.2) is 11.4 Å². The lowest BCUT2D eigenvalue weighted by Crippen LogP contribution is -2.28. The summed E-state index contributed by atoms with van der Waals surface area (Å²) in [5.74, 6) is 0.971. The van der Waals surface area contributed by atoms with Crippen LogP contribution in [-0.2, 0) is 5.41 Å². The molecule has 5 heteroatoms. The zero-order valence-electron chi connectivity index (χ0n) is 27.4. The molecule has 9 aromatic rings. The summed E-state index contributed by atoms with van der Waals surface area (Å²) in [6.07, 6.45) is 1.92. The minimum absolute atomic E-state index is 0.289. The van der Waals surface area contributed by atoms with E-state index in [2.05, 4.69) is 99.6 Å². The second kappa shape index (κ2) is 10.2. The van der Waals surface area contributed by atoms with Gasteiger partial charge in [0.25, 0.3) is 0 Å². The third-order valence-electron chi connectivity index (χ3n) is 10.6. The maximum Gasteiger partial charge on any atom is 0.180 e. The molecule has 5 nitrogen and oxygen atoms in total. The molecule has 1 aliphatic carbocycles. The number of benzene rings is 5. The van der Waals surface area contributed by atoms with Crippen LogP contribution < -0.4 is 0 Å². The van der Waals surface area contributed by atoms with Gasteiger partial charge >= 0.3 is 0 Å². The predicted octanol–water partition coefficient (Wildman–Crippen LogP) is 11.6. The molecule has 49 heavy (non-hydrogen) atoms. The molecule has 1 atom stereocenters. The van der Waals surface area contributed by atoms with Crippen LogP contribution in [0, 0.1) is 5.92 Å². The van der Waals surface area contributed by atoms with Crippen molar-refractivity contribution in [1.82, 2.24) is 15.0 Å². The fourth-order valence-electron chi connectivity index (χ4n) is 7.92. The maximum atomic E-state index is 6.63. The van der Waals surface area contributed by atoms with E-state index in [4.69, 9.17) is 23.8 Å². The number of rotatable bonds is 4.